The van der Waals surface area contributed by atoms with Crippen LogP contribution in [-0.2, 0) is 11.4 Å². The van der Waals surface area contributed by atoms with Crippen molar-refractivity contribution in [1.82, 2.24) is 0 Å². The van der Waals surface area contributed by atoms with Gasteiger partial charge in [-0.1, -0.05) is 65.7 Å². The van der Waals surface area contributed by atoms with Crippen molar-refractivity contribution < 1.29 is 9.53 Å². The van der Waals surface area contributed by atoms with Crippen LogP contribution in [0.4, 0.5) is 5.69 Å². The third-order valence-electron chi connectivity index (χ3n) is 4.32. The molecule has 1 N–H and O–H groups in total. The van der Waals surface area contributed by atoms with E-state index in [4.69, 9.17) is 27.9 Å². The average Bonchev–Trinajstić information content (AvgIpc) is 2.74. The number of benzene rings is 3. The van der Waals surface area contributed by atoms with Crippen molar-refractivity contribution in [3.8, 4) is 11.8 Å². The molecule has 4 nitrogen and oxygen atoms in total. The highest BCUT2D eigenvalue weighted by molar-refractivity contribution is 6.32. The Balaban J connectivity index is 1.73. The van der Waals surface area contributed by atoms with Gasteiger partial charge in [0.05, 0.1) is 5.02 Å². The number of halogens is 2. The molecule has 30 heavy (non-hydrogen) atoms. The van der Waals surface area contributed by atoms with Gasteiger partial charge in [0, 0.05) is 10.7 Å². The first-order valence-corrected chi connectivity index (χ1v) is 9.87. The van der Waals surface area contributed by atoms with Crippen molar-refractivity contribution in [3.05, 3.63) is 99.0 Å². The number of carbonyl (C=O) groups is 1. The summed E-state index contributed by atoms with van der Waals surface area (Å²) in [4.78, 5) is 12.5. The molecule has 0 heterocycles. The molecule has 0 aromatic heterocycles. The molecular formula is C24H18Cl2N2O2. The lowest BCUT2D eigenvalue weighted by molar-refractivity contribution is -0.112. The van der Waals surface area contributed by atoms with Gasteiger partial charge in [0.2, 0.25) is 0 Å². The lowest BCUT2D eigenvalue weighted by Gasteiger charge is -2.10. The SMILES string of the molecule is Cc1ccc(Cl)cc1NC(=O)/C(C#N)=C/c1ccc(OCc2ccccc2)c(Cl)c1. The molecule has 3 aromatic carbocycles. The molecule has 1 amide bonds. The Morgan fingerprint density at radius 1 is 1.10 bits per heavy atom. The first kappa shape index (κ1) is 21.4. The molecule has 0 radical (unpaired) electrons. The summed E-state index contributed by atoms with van der Waals surface area (Å²) in [5.74, 6) is -0.00132. The highest BCUT2D eigenvalue weighted by atomic mass is 35.5. The van der Waals surface area contributed by atoms with Gasteiger partial charge in [-0.2, -0.15) is 5.26 Å². The van der Waals surface area contributed by atoms with Crippen LogP contribution >= 0.6 is 23.2 Å². The van der Waals surface area contributed by atoms with E-state index in [0.29, 0.717) is 33.7 Å². The molecule has 0 atom stereocenters. The number of nitriles is 1. The molecule has 0 unspecified atom stereocenters. The van der Waals surface area contributed by atoms with Gasteiger partial charge in [-0.15, -0.1) is 0 Å². The zero-order valence-electron chi connectivity index (χ0n) is 16.2. The van der Waals surface area contributed by atoms with E-state index < -0.39 is 5.91 Å². The van der Waals surface area contributed by atoms with Crippen molar-refractivity contribution in [1.29, 1.82) is 5.26 Å². The Kier molecular flexibility index (Phi) is 7.13. The fourth-order valence-electron chi connectivity index (χ4n) is 2.69. The number of rotatable bonds is 6. The van der Waals surface area contributed by atoms with Crippen molar-refractivity contribution in [2.45, 2.75) is 13.5 Å². The van der Waals surface area contributed by atoms with Gasteiger partial charge in [0.25, 0.3) is 5.91 Å². The van der Waals surface area contributed by atoms with Crippen molar-refractivity contribution >= 4 is 40.9 Å². The molecule has 0 aliphatic carbocycles. The number of ether oxygens (including phenoxy) is 1. The number of nitrogens with one attached hydrogen (secondary N) is 1. The minimum atomic E-state index is -0.525. The highest BCUT2D eigenvalue weighted by Gasteiger charge is 2.12. The smallest absolute Gasteiger partial charge is 0.266 e. The molecular weight excluding hydrogens is 419 g/mol. The van der Waals surface area contributed by atoms with Crippen LogP contribution in [0.5, 0.6) is 5.75 Å². The van der Waals surface area contributed by atoms with Crippen LogP contribution in [-0.4, -0.2) is 5.91 Å². The molecule has 6 heteroatoms. The summed E-state index contributed by atoms with van der Waals surface area (Å²) in [6, 6.07) is 21.9. The van der Waals surface area contributed by atoms with Gasteiger partial charge in [-0.3, -0.25) is 4.79 Å². The van der Waals surface area contributed by atoms with Gasteiger partial charge in [-0.05, 0) is 54.0 Å². The normalized spacial score (nSPS) is 10.9. The quantitative estimate of drug-likeness (QED) is 0.357. The van der Waals surface area contributed by atoms with Crippen LogP contribution in [0.1, 0.15) is 16.7 Å². The third kappa shape index (κ3) is 5.64. The molecule has 3 rings (SSSR count). The summed E-state index contributed by atoms with van der Waals surface area (Å²) in [6.07, 6.45) is 1.47. The minimum Gasteiger partial charge on any atom is -0.487 e. The molecule has 0 saturated heterocycles. The molecule has 0 aliphatic rings. The Morgan fingerprint density at radius 2 is 1.87 bits per heavy atom. The molecule has 0 spiro atoms. The van der Waals surface area contributed by atoms with Crippen LogP contribution in [0.25, 0.3) is 6.08 Å². The summed E-state index contributed by atoms with van der Waals surface area (Å²) in [7, 11) is 0. The Bertz CT molecular complexity index is 1140. The lowest BCUT2D eigenvalue weighted by atomic mass is 10.1. The van der Waals surface area contributed by atoms with Crippen LogP contribution < -0.4 is 10.1 Å². The summed E-state index contributed by atoms with van der Waals surface area (Å²) >= 11 is 12.3. The number of hydrogen-bond donors (Lipinski definition) is 1. The average molecular weight is 437 g/mol. The molecule has 150 valence electrons. The Hall–Kier alpha value is -3.26. The van der Waals surface area contributed by atoms with Crippen molar-refractivity contribution in [3.63, 3.8) is 0 Å². The Morgan fingerprint density at radius 3 is 2.57 bits per heavy atom. The fourth-order valence-corrected chi connectivity index (χ4v) is 3.11. The van der Waals surface area contributed by atoms with Gasteiger partial charge in [0.15, 0.2) is 0 Å². The van der Waals surface area contributed by atoms with Gasteiger partial charge >= 0.3 is 0 Å². The molecule has 0 aliphatic heterocycles. The maximum atomic E-state index is 12.5. The summed E-state index contributed by atoms with van der Waals surface area (Å²) < 4.78 is 5.75. The van der Waals surface area contributed by atoms with E-state index in [0.717, 1.165) is 11.1 Å². The maximum Gasteiger partial charge on any atom is 0.266 e. The van der Waals surface area contributed by atoms with Crippen molar-refractivity contribution in [2.75, 3.05) is 5.32 Å². The van der Waals surface area contributed by atoms with E-state index in [9.17, 15) is 10.1 Å². The van der Waals surface area contributed by atoms with Gasteiger partial charge in [0.1, 0.15) is 24.0 Å². The molecule has 0 saturated carbocycles. The lowest BCUT2D eigenvalue weighted by Crippen LogP contribution is -2.14. The number of aryl methyl sites for hydroxylation is 1. The van der Waals surface area contributed by atoms with Crippen LogP contribution in [0.3, 0.4) is 0 Å². The first-order valence-electron chi connectivity index (χ1n) is 9.12. The predicted octanol–water partition coefficient (Wildman–Crippen LogP) is 6.43. The fraction of sp³-hybridized carbons (Fsp3) is 0.0833. The monoisotopic (exact) mass is 436 g/mol. The van der Waals surface area contributed by atoms with E-state index in [-0.39, 0.29) is 5.57 Å². The number of anilines is 1. The standard InChI is InChI=1S/C24H18Cl2N2O2/c1-16-7-9-20(25)13-22(16)28-24(29)19(14-27)11-18-8-10-23(21(26)12-18)30-15-17-5-3-2-4-6-17/h2-13H,15H2,1H3,(H,28,29)/b19-11+. The van der Waals surface area contributed by atoms with E-state index >= 15 is 0 Å². The number of nitrogens with zero attached hydrogens (tertiary/aromatic N) is 1. The maximum absolute atomic E-state index is 12.5. The predicted molar refractivity (Wildman–Crippen MR) is 121 cm³/mol. The second-order valence-electron chi connectivity index (χ2n) is 6.55. The first-order chi connectivity index (χ1) is 14.5. The number of carbonyl (C=O) groups excluding carboxylic acids is 1. The highest BCUT2D eigenvalue weighted by Crippen LogP contribution is 2.27. The molecule has 3 aromatic rings. The molecule has 0 fully saturated rings. The Labute approximate surface area is 185 Å². The number of amides is 1. The van der Waals surface area contributed by atoms with Crippen molar-refractivity contribution in [2.24, 2.45) is 0 Å². The largest absolute Gasteiger partial charge is 0.487 e. The minimum absolute atomic E-state index is 0.0524. The topological polar surface area (TPSA) is 62.1 Å². The van der Waals surface area contributed by atoms with E-state index in [1.165, 1.54) is 6.08 Å². The van der Waals surface area contributed by atoms with Crippen LogP contribution in [0.2, 0.25) is 10.0 Å². The van der Waals surface area contributed by atoms with Crippen LogP contribution in [0, 0.1) is 18.3 Å². The second kappa shape index (κ2) is 9.98. The van der Waals surface area contributed by atoms with Crippen LogP contribution in [0.15, 0.2) is 72.3 Å². The van der Waals surface area contributed by atoms with E-state index in [2.05, 4.69) is 5.32 Å². The zero-order valence-corrected chi connectivity index (χ0v) is 17.7. The third-order valence-corrected chi connectivity index (χ3v) is 4.85. The summed E-state index contributed by atoms with van der Waals surface area (Å²) in [5.41, 5.74) is 2.98. The van der Waals surface area contributed by atoms with Gasteiger partial charge in [-0.25, -0.2) is 0 Å². The summed E-state index contributed by atoms with van der Waals surface area (Å²) in [6.45, 7) is 2.23. The molecule has 0 bridgehead atoms. The number of hydrogen-bond acceptors (Lipinski definition) is 3. The van der Waals surface area contributed by atoms with E-state index in [1.54, 1.807) is 36.4 Å². The second-order valence-corrected chi connectivity index (χ2v) is 7.39. The summed E-state index contributed by atoms with van der Waals surface area (Å²) in [5, 5.41) is 13.0. The van der Waals surface area contributed by atoms with E-state index in [1.807, 2.05) is 43.3 Å². The zero-order chi connectivity index (χ0) is 21.5. The van der Waals surface area contributed by atoms with Gasteiger partial charge < -0.3 is 10.1 Å².